The predicted octanol–water partition coefficient (Wildman–Crippen LogP) is 1.05. The highest BCUT2D eigenvalue weighted by molar-refractivity contribution is 7.93. The molecule has 0 bridgehead atoms. The minimum absolute atomic E-state index is 0.134. The Hall–Kier alpha value is -2.13. The third kappa shape index (κ3) is 2.89. The Labute approximate surface area is 119 Å². The Bertz CT molecular complexity index is 750. The number of aromatic nitrogens is 2. The van der Waals surface area contributed by atoms with Crippen molar-refractivity contribution in [2.24, 2.45) is 5.73 Å². The first kappa shape index (κ1) is 14.3. The van der Waals surface area contributed by atoms with Crippen molar-refractivity contribution >= 4 is 33.2 Å². The molecule has 0 aliphatic heterocycles. The maximum Gasteiger partial charge on any atom is 0.265 e. The maximum atomic E-state index is 13.7. The van der Waals surface area contributed by atoms with Gasteiger partial charge in [-0.15, -0.1) is 0 Å². The maximum absolute atomic E-state index is 13.7. The van der Waals surface area contributed by atoms with E-state index in [1.165, 1.54) is 30.6 Å². The van der Waals surface area contributed by atoms with Gasteiger partial charge in [-0.05, 0) is 18.2 Å². The van der Waals surface area contributed by atoms with E-state index in [0.29, 0.717) is 0 Å². The Morgan fingerprint density at radius 3 is 2.50 bits per heavy atom. The Kier molecular flexibility index (Phi) is 3.91. The quantitative estimate of drug-likeness (QED) is 0.819. The van der Waals surface area contributed by atoms with Gasteiger partial charge in [-0.1, -0.05) is 18.3 Å². The van der Waals surface area contributed by atoms with E-state index in [2.05, 4.69) is 26.9 Å². The number of anilines is 1. The first-order valence-corrected chi connectivity index (χ1v) is 7.19. The van der Waals surface area contributed by atoms with E-state index in [1.54, 1.807) is 0 Å². The van der Waals surface area contributed by atoms with Crippen LogP contribution in [0.3, 0.4) is 0 Å². The van der Waals surface area contributed by atoms with Crippen LogP contribution in [0.4, 0.5) is 10.3 Å². The van der Waals surface area contributed by atoms with E-state index < -0.39 is 15.8 Å². The smallest absolute Gasteiger partial charge is 0.265 e. The number of halogens is 1. The highest BCUT2D eigenvalue weighted by atomic mass is 32.2. The summed E-state index contributed by atoms with van der Waals surface area (Å²) in [6, 6.07) is 5.05. The average Bonchev–Trinajstić information content (AvgIpc) is 2.38. The molecule has 0 unspecified atom stereocenters. The first-order valence-electron chi connectivity index (χ1n) is 5.30. The van der Waals surface area contributed by atoms with E-state index in [9.17, 15) is 12.8 Å². The van der Waals surface area contributed by atoms with Gasteiger partial charge >= 0.3 is 0 Å². The van der Waals surface area contributed by atoms with Crippen molar-refractivity contribution in [3.63, 3.8) is 0 Å². The molecule has 20 heavy (non-hydrogen) atoms. The van der Waals surface area contributed by atoms with E-state index in [4.69, 9.17) is 5.73 Å². The largest absolute Gasteiger partial charge is 0.389 e. The van der Waals surface area contributed by atoms with Crippen molar-refractivity contribution in [1.82, 2.24) is 9.97 Å². The fraction of sp³-hybridized carbons (Fsp3) is 0. The molecular weight excluding hydrogens is 303 g/mol. The molecule has 1 heterocycles. The molecule has 0 saturated carbocycles. The summed E-state index contributed by atoms with van der Waals surface area (Å²) in [6.45, 7) is 0. The lowest BCUT2D eigenvalue weighted by atomic mass is 10.2. The normalized spacial score (nSPS) is 11.1. The minimum atomic E-state index is -4.09. The van der Waals surface area contributed by atoms with Gasteiger partial charge in [-0.25, -0.2) is 27.5 Å². The number of nitrogens with one attached hydrogen (secondary N) is 1. The number of hydrogen-bond donors (Lipinski definition) is 2. The van der Waals surface area contributed by atoms with Crippen molar-refractivity contribution < 1.29 is 12.8 Å². The molecule has 0 fully saturated rings. The topological polar surface area (TPSA) is 98.0 Å². The van der Waals surface area contributed by atoms with Gasteiger partial charge in [0, 0.05) is 12.4 Å². The summed E-state index contributed by atoms with van der Waals surface area (Å²) in [5, 5.41) is 0. The molecule has 0 radical (unpaired) electrons. The molecular formula is C11H9FN4O2S2. The third-order valence-corrected chi connectivity index (χ3v) is 3.88. The van der Waals surface area contributed by atoms with Crippen molar-refractivity contribution in [1.29, 1.82) is 0 Å². The standard InChI is InChI=1S/C11H9FN4O2S2/c12-7-3-1-4-8(9(7)10(13)19)20(17,18)16-11-14-5-2-6-15-11/h1-6H,(H2,13,19)(H,14,15,16). The molecule has 1 aromatic heterocycles. The monoisotopic (exact) mass is 312 g/mol. The first-order chi connectivity index (χ1) is 9.42. The Morgan fingerprint density at radius 2 is 1.90 bits per heavy atom. The van der Waals surface area contributed by atoms with Crippen LogP contribution >= 0.6 is 12.2 Å². The van der Waals surface area contributed by atoms with Crippen LogP contribution in [0.25, 0.3) is 0 Å². The van der Waals surface area contributed by atoms with Crippen molar-refractivity contribution in [2.75, 3.05) is 4.72 Å². The summed E-state index contributed by atoms with van der Waals surface area (Å²) in [7, 11) is -4.09. The minimum Gasteiger partial charge on any atom is -0.389 e. The molecule has 0 aliphatic carbocycles. The van der Waals surface area contributed by atoms with Crippen LogP contribution in [0.15, 0.2) is 41.6 Å². The van der Waals surface area contributed by atoms with Crippen molar-refractivity contribution in [3.8, 4) is 0 Å². The second kappa shape index (κ2) is 5.47. The second-order valence-electron chi connectivity index (χ2n) is 3.66. The lowest BCUT2D eigenvalue weighted by molar-refractivity contribution is 0.594. The molecule has 6 nitrogen and oxygen atoms in total. The van der Waals surface area contributed by atoms with Gasteiger partial charge in [0.15, 0.2) is 0 Å². The number of sulfonamides is 1. The van der Waals surface area contributed by atoms with Crippen LogP contribution in [0.1, 0.15) is 5.56 Å². The van der Waals surface area contributed by atoms with Gasteiger partial charge in [0.05, 0.1) is 5.56 Å². The lowest BCUT2D eigenvalue weighted by Gasteiger charge is -2.11. The Balaban J connectivity index is 2.50. The number of benzene rings is 1. The summed E-state index contributed by atoms with van der Waals surface area (Å²) >= 11 is 4.68. The zero-order valence-corrected chi connectivity index (χ0v) is 11.6. The molecule has 2 aromatic rings. The van der Waals surface area contributed by atoms with Crippen LogP contribution in [-0.4, -0.2) is 23.4 Å². The third-order valence-electron chi connectivity index (χ3n) is 2.30. The van der Waals surface area contributed by atoms with Gasteiger partial charge in [0.2, 0.25) is 5.95 Å². The SMILES string of the molecule is NC(=S)c1c(F)cccc1S(=O)(=O)Nc1ncccn1. The fourth-order valence-electron chi connectivity index (χ4n) is 1.49. The summed E-state index contributed by atoms with van der Waals surface area (Å²) in [4.78, 5) is 6.74. The van der Waals surface area contributed by atoms with E-state index in [1.807, 2.05) is 0 Å². The highest BCUT2D eigenvalue weighted by Crippen LogP contribution is 2.20. The summed E-state index contributed by atoms with van der Waals surface area (Å²) in [5.74, 6) is -0.944. The van der Waals surface area contributed by atoms with Crippen molar-refractivity contribution in [2.45, 2.75) is 4.90 Å². The van der Waals surface area contributed by atoms with Crippen LogP contribution in [-0.2, 0) is 10.0 Å². The molecule has 9 heteroatoms. The molecule has 0 aliphatic rings. The highest BCUT2D eigenvalue weighted by Gasteiger charge is 2.23. The Morgan fingerprint density at radius 1 is 1.25 bits per heavy atom. The van der Waals surface area contributed by atoms with Crippen molar-refractivity contribution in [3.05, 3.63) is 48.0 Å². The molecule has 0 saturated heterocycles. The summed E-state index contributed by atoms with van der Waals surface area (Å²) in [5.41, 5.74) is 5.03. The lowest BCUT2D eigenvalue weighted by Crippen LogP contribution is -2.22. The molecule has 0 spiro atoms. The van der Waals surface area contributed by atoms with Gasteiger partial charge in [0.1, 0.15) is 15.7 Å². The van der Waals surface area contributed by atoms with Crippen LogP contribution in [0.5, 0.6) is 0 Å². The van der Waals surface area contributed by atoms with Crippen LogP contribution < -0.4 is 10.5 Å². The van der Waals surface area contributed by atoms with E-state index >= 15 is 0 Å². The van der Waals surface area contributed by atoms with E-state index in [0.717, 1.165) is 6.07 Å². The number of rotatable bonds is 4. The number of hydrogen-bond acceptors (Lipinski definition) is 5. The van der Waals surface area contributed by atoms with Gasteiger partial charge in [-0.3, -0.25) is 0 Å². The molecule has 2 rings (SSSR count). The number of nitrogens with two attached hydrogens (primary N) is 1. The molecule has 3 N–H and O–H groups in total. The fourth-order valence-corrected chi connectivity index (χ4v) is 2.96. The average molecular weight is 312 g/mol. The molecule has 104 valence electrons. The number of nitrogens with zero attached hydrogens (tertiary/aromatic N) is 2. The van der Waals surface area contributed by atoms with Gasteiger partial charge in [0.25, 0.3) is 10.0 Å². The zero-order valence-electron chi connectivity index (χ0n) is 9.95. The second-order valence-corrected chi connectivity index (χ2v) is 5.75. The molecule has 1 aromatic carbocycles. The van der Waals surface area contributed by atoms with Gasteiger partial charge < -0.3 is 5.73 Å². The van der Waals surface area contributed by atoms with Crippen LogP contribution in [0.2, 0.25) is 0 Å². The predicted molar refractivity (Wildman–Crippen MR) is 75.1 cm³/mol. The van der Waals surface area contributed by atoms with E-state index in [-0.39, 0.29) is 21.4 Å². The number of thiocarbonyl (C=S) groups is 1. The zero-order chi connectivity index (χ0) is 14.8. The summed E-state index contributed by atoms with van der Waals surface area (Å²) < 4.78 is 40.2. The molecule has 0 atom stereocenters. The van der Waals surface area contributed by atoms with Gasteiger partial charge in [-0.2, -0.15) is 0 Å². The molecule has 0 amide bonds. The summed E-state index contributed by atoms with van der Waals surface area (Å²) in [6.07, 6.45) is 2.73. The van der Waals surface area contributed by atoms with Crippen LogP contribution in [0, 0.1) is 5.82 Å².